The molecule has 5 nitrogen and oxygen atoms in total. The van der Waals surface area contributed by atoms with Crippen LogP contribution in [0.5, 0.6) is 0 Å². The van der Waals surface area contributed by atoms with Crippen molar-refractivity contribution in [3.63, 3.8) is 0 Å². The largest absolute Gasteiger partial charge is 0.381 e. The Morgan fingerprint density at radius 2 is 2.04 bits per heavy atom. The molecule has 1 unspecified atom stereocenters. The molecule has 1 aliphatic heterocycles. The van der Waals surface area contributed by atoms with Crippen molar-refractivity contribution in [1.29, 1.82) is 0 Å². The maximum Gasteiger partial charge on any atom is 0.185 e. The molecule has 2 aromatic carbocycles. The fraction of sp³-hybridized carbons (Fsp3) is 0.391. The highest BCUT2D eigenvalue weighted by atomic mass is 16.5. The lowest BCUT2D eigenvalue weighted by Gasteiger charge is -2.06. The molecule has 0 amide bonds. The minimum absolute atomic E-state index is 0.0360. The Morgan fingerprint density at radius 3 is 2.86 bits per heavy atom. The molecule has 146 valence electrons. The SMILES string of the molecule is Cc1c(C(=O)CCC2CCOC2)noc1COCc1ccc2ccccc2c1. The maximum absolute atomic E-state index is 12.5. The number of rotatable bonds is 8. The Hall–Kier alpha value is -2.50. The van der Waals surface area contributed by atoms with E-state index >= 15 is 0 Å². The molecule has 0 N–H and O–H groups in total. The Balaban J connectivity index is 1.31. The lowest BCUT2D eigenvalue weighted by atomic mass is 9.99. The van der Waals surface area contributed by atoms with Gasteiger partial charge in [-0.15, -0.1) is 0 Å². The minimum atomic E-state index is 0.0360. The first-order valence-electron chi connectivity index (χ1n) is 9.82. The zero-order chi connectivity index (χ0) is 19.3. The zero-order valence-corrected chi connectivity index (χ0v) is 16.1. The van der Waals surface area contributed by atoms with Crippen LogP contribution in [0.25, 0.3) is 10.8 Å². The monoisotopic (exact) mass is 379 g/mol. The normalized spacial score (nSPS) is 16.7. The molecule has 1 aliphatic rings. The van der Waals surface area contributed by atoms with Crippen molar-refractivity contribution < 1.29 is 18.8 Å². The predicted octanol–water partition coefficient (Wildman–Crippen LogP) is 4.85. The van der Waals surface area contributed by atoms with Gasteiger partial charge in [0.15, 0.2) is 17.2 Å². The number of benzene rings is 2. The molecular formula is C23H25NO4. The number of ether oxygens (including phenoxy) is 2. The van der Waals surface area contributed by atoms with Gasteiger partial charge in [0.2, 0.25) is 0 Å². The van der Waals surface area contributed by atoms with Crippen LogP contribution in [0.2, 0.25) is 0 Å². The molecule has 0 saturated carbocycles. The highest BCUT2D eigenvalue weighted by Crippen LogP contribution is 2.22. The molecule has 0 bridgehead atoms. The fourth-order valence-corrected chi connectivity index (χ4v) is 3.62. The number of hydrogen-bond donors (Lipinski definition) is 0. The third-order valence-electron chi connectivity index (χ3n) is 5.40. The molecule has 0 spiro atoms. The first-order chi connectivity index (χ1) is 13.7. The van der Waals surface area contributed by atoms with Gasteiger partial charge in [-0.05, 0) is 48.1 Å². The van der Waals surface area contributed by atoms with Gasteiger partial charge >= 0.3 is 0 Å². The van der Waals surface area contributed by atoms with Gasteiger partial charge in [0, 0.05) is 25.2 Å². The van der Waals surface area contributed by atoms with Crippen molar-refractivity contribution in [3.8, 4) is 0 Å². The molecule has 3 aromatic rings. The molecular weight excluding hydrogens is 354 g/mol. The first-order valence-corrected chi connectivity index (χ1v) is 9.82. The van der Waals surface area contributed by atoms with E-state index in [1.54, 1.807) is 0 Å². The number of hydrogen-bond acceptors (Lipinski definition) is 5. The van der Waals surface area contributed by atoms with Crippen molar-refractivity contribution in [1.82, 2.24) is 5.16 Å². The van der Waals surface area contributed by atoms with Crippen LogP contribution in [0.15, 0.2) is 47.0 Å². The molecule has 0 radical (unpaired) electrons. The maximum atomic E-state index is 12.5. The molecule has 28 heavy (non-hydrogen) atoms. The molecule has 5 heteroatoms. The molecule has 0 aliphatic carbocycles. The lowest BCUT2D eigenvalue weighted by Crippen LogP contribution is -2.07. The van der Waals surface area contributed by atoms with Crippen molar-refractivity contribution >= 4 is 16.6 Å². The summed E-state index contributed by atoms with van der Waals surface area (Å²) in [5.41, 5.74) is 2.32. The van der Waals surface area contributed by atoms with Crippen molar-refractivity contribution in [2.24, 2.45) is 5.92 Å². The summed E-state index contributed by atoms with van der Waals surface area (Å²) in [6, 6.07) is 14.5. The van der Waals surface area contributed by atoms with Gasteiger partial charge in [0.25, 0.3) is 0 Å². The summed E-state index contributed by atoms with van der Waals surface area (Å²) in [5.74, 6) is 1.14. The third kappa shape index (κ3) is 4.32. The van der Waals surface area contributed by atoms with Crippen LogP contribution in [0.4, 0.5) is 0 Å². The van der Waals surface area contributed by atoms with E-state index in [9.17, 15) is 4.79 Å². The molecule has 1 atom stereocenters. The molecule has 2 heterocycles. The molecule has 1 aromatic heterocycles. The summed E-state index contributed by atoms with van der Waals surface area (Å²) in [7, 11) is 0. The summed E-state index contributed by atoms with van der Waals surface area (Å²) in [6.45, 7) is 4.22. The van der Waals surface area contributed by atoms with Gasteiger partial charge in [0.1, 0.15) is 6.61 Å². The summed E-state index contributed by atoms with van der Waals surface area (Å²) < 4.78 is 16.5. The quantitative estimate of drug-likeness (QED) is 0.524. The number of carbonyl (C=O) groups excluding carboxylic acids is 1. The number of ketones is 1. The van der Waals surface area contributed by atoms with Crippen LogP contribution in [-0.4, -0.2) is 24.2 Å². The molecule has 1 saturated heterocycles. The number of fused-ring (bicyclic) bond motifs is 1. The smallest absolute Gasteiger partial charge is 0.185 e. The highest BCUT2D eigenvalue weighted by Gasteiger charge is 2.21. The van der Waals surface area contributed by atoms with Crippen LogP contribution in [-0.2, 0) is 22.7 Å². The van der Waals surface area contributed by atoms with E-state index in [2.05, 4.69) is 35.5 Å². The van der Waals surface area contributed by atoms with Crippen molar-refractivity contribution in [3.05, 3.63) is 65.0 Å². The standard InChI is InChI=1S/C23H25NO4/c1-16-22(28-24-23(16)21(25)9-7-17-10-11-26-13-17)15-27-14-18-6-8-19-4-2-3-5-20(19)12-18/h2-6,8,12,17H,7,9-11,13-15H2,1H3. The van der Waals surface area contributed by atoms with Crippen LogP contribution < -0.4 is 0 Å². The van der Waals surface area contributed by atoms with Gasteiger partial charge in [-0.3, -0.25) is 4.79 Å². The average Bonchev–Trinajstić information content (AvgIpc) is 3.36. The molecule has 1 fully saturated rings. The van der Waals surface area contributed by atoms with Gasteiger partial charge < -0.3 is 14.0 Å². The van der Waals surface area contributed by atoms with Gasteiger partial charge in [-0.2, -0.15) is 0 Å². The number of Topliss-reactive ketones (excluding diaryl/α,β-unsaturated/α-hetero) is 1. The van der Waals surface area contributed by atoms with Crippen LogP contribution >= 0.6 is 0 Å². The topological polar surface area (TPSA) is 61.6 Å². The van der Waals surface area contributed by atoms with E-state index in [0.29, 0.717) is 37.0 Å². The highest BCUT2D eigenvalue weighted by molar-refractivity contribution is 5.95. The second-order valence-electron chi connectivity index (χ2n) is 7.45. The Bertz CT molecular complexity index is 956. The van der Waals surface area contributed by atoms with E-state index < -0.39 is 0 Å². The molecule has 4 rings (SSSR count). The Morgan fingerprint density at radius 1 is 1.18 bits per heavy atom. The summed E-state index contributed by atoms with van der Waals surface area (Å²) in [5, 5.41) is 6.40. The van der Waals surface area contributed by atoms with Crippen LogP contribution in [0.3, 0.4) is 0 Å². The second-order valence-corrected chi connectivity index (χ2v) is 7.45. The summed E-state index contributed by atoms with van der Waals surface area (Å²) in [6.07, 6.45) is 2.37. The Kier molecular flexibility index (Phi) is 5.84. The lowest BCUT2D eigenvalue weighted by molar-refractivity contribution is 0.0875. The second kappa shape index (κ2) is 8.67. The third-order valence-corrected chi connectivity index (χ3v) is 5.40. The van der Waals surface area contributed by atoms with Gasteiger partial charge in [-0.25, -0.2) is 0 Å². The van der Waals surface area contributed by atoms with E-state index in [-0.39, 0.29) is 5.78 Å². The van der Waals surface area contributed by atoms with E-state index in [0.717, 1.165) is 37.2 Å². The predicted molar refractivity (Wildman–Crippen MR) is 106 cm³/mol. The number of carbonyl (C=O) groups is 1. The average molecular weight is 379 g/mol. The summed E-state index contributed by atoms with van der Waals surface area (Å²) >= 11 is 0. The van der Waals surface area contributed by atoms with Gasteiger partial charge in [0.05, 0.1) is 6.61 Å². The van der Waals surface area contributed by atoms with E-state index in [4.69, 9.17) is 14.0 Å². The van der Waals surface area contributed by atoms with E-state index in [1.165, 1.54) is 10.8 Å². The van der Waals surface area contributed by atoms with Crippen LogP contribution in [0.1, 0.15) is 46.6 Å². The van der Waals surface area contributed by atoms with Crippen LogP contribution in [0, 0.1) is 12.8 Å². The summed E-state index contributed by atoms with van der Waals surface area (Å²) in [4.78, 5) is 12.5. The van der Waals surface area contributed by atoms with Crippen molar-refractivity contribution in [2.75, 3.05) is 13.2 Å². The van der Waals surface area contributed by atoms with Crippen molar-refractivity contribution in [2.45, 2.75) is 39.4 Å². The first kappa shape index (κ1) is 18.8. The zero-order valence-electron chi connectivity index (χ0n) is 16.1. The Labute approximate surface area is 164 Å². The van der Waals surface area contributed by atoms with E-state index in [1.807, 2.05) is 19.1 Å². The number of nitrogens with zero attached hydrogens (tertiary/aromatic N) is 1. The minimum Gasteiger partial charge on any atom is -0.381 e. The number of aromatic nitrogens is 1. The fourth-order valence-electron chi connectivity index (χ4n) is 3.62. The van der Waals surface area contributed by atoms with Gasteiger partial charge in [-0.1, -0.05) is 41.6 Å².